The van der Waals surface area contributed by atoms with E-state index < -0.39 is 0 Å². The minimum Gasteiger partial charge on any atom is -0.233 e. The first kappa shape index (κ1) is 12.2. The lowest BCUT2D eigenvalue weighted by Gasteiger charge is -2.05. The second-order valence-electron chi connectivity index (χ2n) is 3.10. The molecule has 0 saturated carbocycles. The fourth-order valence-corrected chi connectivity index (χ4v) is 2.29. The Morgan fingerprint density at radius 1 is 1.00 bits per heavy atom. The highest BCUT2D eigenvalue weighted by Gasteiger charge is 2.09. The van der Waals surface area contributed by atoms with Crippen molar-refractivity contribution in [3.63, 3.8) is 0 Å². The van der Waals surface area contributed by atoms with E-state index in [1.54, 1.807) is 6.07 Å². The monoisotopic (exact) mass is 335 g/mol. The van der Waals surface area contributed by atoms with Crippen LogP contribution in [0.3, 0.4) is 0 Å². The number of halogens is 4. The molecule has 0 unspecified atom stereocenters. The third-order valence-electron chi connectivity index (χ3n) is 1.98. The van der Waals surface area contributed by atoms with Gasteiger partial charge in [0.15, 0.2) is 0 Å². The Hall–Kier alpha value is -0.280. The molecule has 0 saturated heterocycles. The second kappa shape index (κ2) is 4.92. The minimum atomic E-state index is 0.251. The Morgan fingerprint density at radius 3 is 2.44 bits per heavy atom. The highest BCUT2D eigenvalue weighted by molar-refractivity contribution is 9.10. The number of nitrogens with zero attached hydrogens (tertiary/aromatic N) is 1. The van der Waals surface area contributed by atoms with Crippen molar-refractivity contribution in [2.75, 3.05) is 0 Å². The predicted molar refractivity (Wildman–Crippen MR) is 72.4 cm³/mol. The molecule has 0 aliphatic carbocycles. The largest absolute Gasteiger partial charge is 0.233 e. The van der Waals surface area contributed by atoms with E-state index in [4.69, 9.17) is 34.8 Å². The van der Waals surface area contributed by atoms with Crippen LogP contribution in [0.15, 0.2) is 34.8 Å². The molecule has 0 atom stereocenters. The summed E-state index contributed by atoms with van der Waals surface area (Å²) in [6.45, 7) is 0. The third-order valence-corrected chi connectivity index (χ3v) is 3.44. The molecule has 0 aliphatic heterocycles. The van der Waals surface area contributed by atoms with Gasteiger partial charge in [0.25, 0.3) is 0 Å². The first-order valence-corrected chi connectivity index (χ1v) is 6.28. The van der Waals surface area contributed by atoms with E-state index in [0.717, 1.165) is 10.0 Å². The minimum absolute atomic E-state index is 0.251. The lowest BCUT2D eigenvalue weighted by Crippen LogP contribution is -1.87. The Labute approximate surface area is 116 Å². The molecule has 0 fully saturated rings. The van der Waals surface area contributed by atoms with Crippen LogP contribution >= 0.6 is 50.7 Å². The van der Waals surface area contributed by atoms with Gasteiger partial charge in [-0.15, -0.1) is 0 Å². The van der Waals surface area contributed by atoms with Crippen LogP contribution in [0.25, 0.3) is 11.3 Å². The summed E-state index contributed by atoms with van der Waals surface area (Å²) in [7, 11) is 0. The average molecular weight is 337 g/mol. The summed E-state index contributed by atoms with van der Waals surface area (Å²) in [5, 5.41) is 1.08. The standard InChI is InChI=1S/C11H5BrCl3N/c12-7-3-1-2-6(4-7)10-8(13)5-9(14)11(15)16-10/h1-5H. The topological polar surface area (TPSA) is 12.9 Å². The molecule has 1 aromatic heterocycles. The van der Waals surface area contributed by atoms with Crippen LogP contribution in [0.5, 0.6) is 0 Å². The van der Waals surface area contributed by atoms with E-state index >= 15 is 0 Å². The third kappa shape index (κ3) is 2.51. The summed E-state index contributed by atoms with van der Waals surface area (Å²) in [5.41, 5.74) is 1.51. The molecule has 2 rings (SSSR count). The molecule has 0 spiro atoms. The van der Waals surface area contributed by atoms with E-state index in [9.17, 15) is 0 Å². The maximum Gasteiger partial charge on any atom is 0.148 e. The van der Waals surface area contributed by atoms with Crippen LogP contribution < -0.4 is 0 Å². The molecule has 1 nitrogen and oxygen atoms in total. The van der Waals surface area contributed by atoms with Gasteiger partial charge in [0.2, 0.25) is 0 Å². The smallest absolute Gasteiger partial charge is 0.148 e. The zero-order valence-electron chi connectivity index (χ0n) is 7.85. The van der Waals surface area contributed by atoms with Crippen molar-refractivity contribution < 1.29 is 0 Å². The molecule has 0 aliphatic rings. The lowest BCUT2D eigenvalue weighted by atomic mass is 10.1. The molecule has 0 N–H and O–H groups in total. The van der Waals surface area contributed by atoms with Gasteiger partial charge in [-0.1, -0.05) is 62.9 Å². The molecule has 0 amide bonds. The summed E-state index contributed by atoms with van der Waals surface area (Å²) in [6.07, 6.45) is 0. The van der Waals surface area contributed by atoms with Gasteiger partial charge in [0.05, 0.1) is 15.7 Å². The zero-order chi connectivity index (χ0) is 11.7. The Morgan fingerprint density at radius 2 is 1.75 bits per heavy atom. The van der Waals surface area contributed by atoms with Gasteiger partial charge in [-0.2, -0.15) is 0 Å². The average Bonchev–Trinajstić information content (AvgIpc) is 2.23. The molecule has 5 heteroatoms. The molecular weight excluding hydrogens is 332 g/mol. The molecule has 1 aromatic carbocycles. The molecule has 1 heterocycles. The maximum absolute atomic E-state index is 6.07. The van der Waals surface area contributed by atoms with E-state index in [-0.39, 0.29) is 5.15 Å². The number of hydrogen-bond acceptors (Lipinski definition) is 1. The van der Waals surface area contributed by atoms with Crippen molar-refractivity contribution in [2.24, 2.45) is 0 Å². The van der Waals surface area contributed by atoms with Gasteiger partial charge in [-0.05, 0) is 18.2 Å². The van der Waals surface area contributed by atoms with Gasteiger partial charge in [0.1, 0.15) is 5.15 Å². The Balaban J connectivity index is 2.60. The van der Waals surface area contributed by atoms with Gasteiger partial charge in [-0.25, -0.2) is 4.98 Å². The number of rotatable bonds is 1. The molecular formula is C11H5BrCl3N. The van der Waals surface area contributed by atoms with Crippen LogP contribution in [0.1, 0.15) is 0 Å². The maximum atomic E-state index is 6.07. The van der Waals surface area contributed by atoms with E-state index in [1.807, 2.05) is 24.3 Å². The van der Waals surface area contributed by atoms with Crippen molar-refractivity contribution >= 4 is 50.7 Å². The van der Waals surface area contributed by atoms with Crippen molar-refractivity contribution in [1.29, 1.82) is 0 Å². The number of benzene rings is 1. The summed E-state index contributed by atoms with van der Waals surface area (Å²) < 4.78 is 0.953. The van der Waals surface area contributed by atoms with Crippen LogP contribution in [-0.4, -0.2) is 4.98 Å². The Kier molecular flexibility index (Phi) is 3.75. The molecule has 2 aromatic rings. The van der Waals surface area contributed by atoms with E-state index in [2.05, 4.69) is 20.9 Å². The number of pyridine rings is 1. The van der Waals surface area contributed by atoms with Crippen molar-refractivity contribution in [3.05, 3.63) is 50.0 Å². The SMILES string of the molecule is Clc1cc(Cl)c(-c2cccc(Br)c2)nc1Cl. The highest BCUT2D eigenvalue weighted by atomic mass is 79.9. The van der Waals surface area contributed by atoms with Crippen molar-refractivity contribution in [2.45, 2.75) is 0 Å². The lowest BCUT2D eigenvalue weighted by molar-refractivity contribution is 1.32. The molecule has 0 bridgehead atoms. The number of aromatic nitrogens is 1. The van der Waals surface area contributed by atoms with Crippen molar-refractivity contribution in [1.82, 2.24) is 4.98 Å². The van der Waals surface area contributed by atoms with E-state index in [0.29, 0.717) is 15.7 Å². The molecule has 82 valence electrons. The van der Waals surface area contributed by atoms with Gasteiger partial charge in [0, 0.05) is 10.0 Å². The molecule has 0 radical (unpaired) electrons. The Bertz CT molecular complexity index is 543. The first-order valence-electron chi connectivity index (χ1n) is 4.35. The van der Waals surface area contributed by atoms with Crippen LogP contribution in [0.2, 0.25) is 15.2 Å². The van der Waals surface area contributed by atoms with Crippen LogP contribution in [0, 0.1) is 0 Å². The second-order valence-corrected chi connectivity index (χ2v) is 5.19. The van der Waals surface area contributed by atoms with Gasteiger partial charge >= 0.3 is 0 Å². The highest BCUT2D eigenvalue weighted by Crippen LogP contribution is 2.32. The fraction of sp³-hybridized carbons (Fsp3) is 0. The summed E-state index contributed by atoms with van der Waals surface area (Å²) in [6, 6.07) is 9.24. The zero-order valence-corrected chi connectivity index (χ0v) is 11.7. The summed E-state index contributed by atoms with van der Waals surface area (Å²) >= 11 is 21.1. The van der Waals surface area contributed by atoms with Gasteiger partial charge in [-0.3, -0.25) is 0 Å². The van der Waals surface area contributed by atoms with Gasteiger partial charge < -0.3 is 0 Å². The van der Waals surface area contributed by atoms with Crippen LogP contribution in [0.4, 0.5) is 0 Å². The number of hydrogen-bond donors (Lipinski definition) is 0. The predicted octanol–water partition coefficient (Wildman–Crippen LogP) is 5.47. The summed E-state index contributed by atoms with van der Waals surface area (Å²) in [4.78, 5) is 4.16. The fourth-order valence-electron chi connectivity index (χ4n) is 1.28. The summed E-state index contributed by atoms with van der Waals surface area (Å²) in [5.74, 6) is 0. The van der Waals surface area contributed by atoms with Crippen molar-refractivity contribution in [3.8, 4) is 11.3 Å². The normalized spacial score (nSPS) is 10.5. The van der Waals surface area contributed by atoms with Crippen LogP contribution in [-0.2, 0) is 0 Å². The van der Waals surface area contributed by atoms with E-state index in [1.165, 1.54) is 0 Å². The first-order chi connectivity index (χ1) is 7.58. The quantitative estimate of drug-likeness (QED) is 0.629. The molecule has 16 heavy (non-hydrogen) atoms.